The zero-order valence-corrected chi connectivity index (χ0v) is 14.9. The quantitative estimate of drug-likeness (QED) is 0.901. The molecule has 132 valence electrons. The number of amides is 1. The number of piperidine rings is 1. The van der Waals surface area contributed by atoms with Crippen molar-refractivity contribution in [1.82, 2.24) is 10.2 Å². The maximum Gasteiger partial charge on any atom is 0.234 e. The fourth-order valence-electron chi connectivity index (χ4n) is 4.14. The minimum atomic E-state index is -0.0990. The molecule has 0 bridgehead atoms. The third-order valence-corrected chi connectivity index (χ3v) is 6.51. The van der Waals surface area contributed by atoms with Crippen LogP contribution in [0.25, 0.3) is 0 Å². The zero-order chi connectivity index (χ0) is 16.4. The number of carbonyl (C=O) groups is 1. The Morgan fingerprint density at radius 2 is 2.25 bits per heavy atom. The second-order valence-corrected chi connectivity index (χ2v) is 8.07. The number of likely N-dealkylation sites (tertiary alicyclic amines) is 1. The van der Waals surface area contributed by atoms with Crippen molar-refractivity contribution in [1.29, 1.82) is 0 Å². The lowest BCUT2D eigenvalue weighted by atomic mass is 9.82. The summed E-state index contributed by atoms with van der Waals surface area (Å²) in [5, 5.41) is 5.21. The molecule has 1 spiro atoms. The maximum absolute atomic E-state index is 12.2. The van der Waals surface area contributed by atoms with Crippen LogP contribution in [0.1, 0.15) is 36.1 Å². The SMILES string of the molecule is O=C(CN1CCC2(CC1)OCCc1sccc12)NCC1CCCO1. The lowest BCUT2D eigenvalue weighted by Crippen LogP contribution is -2.49. The summed E-state index contributed by atoms with van der Waals surface area (Å²) in [4.78, 5) is 15.9. The van der Waals surface area contributed by atoms with Crippen LogP contribution in [0.3, 0.4) is 0 Å². The van der Waals surface area contributed by atoms with E-state index in [1.807, 2.05) is 11.3 Å². The molecule has 5 nitrogen and oxygen atoms in total. The van der Waals surface area contributed by atoms with Crippen LogP contribution in [0.2, 0.25) is 0 Å². The largest absolute Gasteiger partial charge is 0.376 e. The Morgan fingerprint density at radius 1 is 1.38 bits per heavy atom. The molecule has 2 saturated heterocycles. The van der Waals surface area contributed by atoms with Gasteiger partial charge in [-0.1, -0.05) is 0 Å². The van der Waals surface area contributed by atoms with Gasteiger partial charge < -0.3 is 14.8 Å². The molecule has 3 aliphatic rings. The molecule has 1 aromatic rings. The van der Waals surface area contributed by atoms with Crippen LogP contribution >= 0.6 is 11.3 Å². The number of hydrogen-bond acceptors (Lipinski definition) is 5. The molecule has 2 fully saturated rings. The van der Waals surface area contributed by atoms with Gasteiger partial charge >= 0.3 is 0 Å². The molecule has 1 unspecified atom stereocenters. The molecule has 0 radical (unpaired) electrons. The summed E-state index contributed by atoms with van der Waals surface area (Å²) >= 11 is 1.85. The highest BCUT2D eigenvalue weighted by molar-refractivity contribution is 7.10. The van der Waals surface area contributed by atoms with Crippen molar-refractivity contribution < 1.29 is 14.3 Å². The van der Waals surface area contributed by atoms with Gasteiger partial charge in [0.2, 0.25) is 5.91 Å². The molecule has 0 aliphatic carbocycles. The zero-order valence-electron chi connectivity index (χ0n) is 14.1. The van der Waals surface area contributed by atoms with Gasteiger partial charge in [-0.3, -0.25) is 9.69 Å². The number of thiophene rings is 1. The van der Waals surface area contributed by atoms with Gasteiger partial charge in [0.05, 0.1) is 24.9 Å². The fraction of sp³-hybridized carbons (Fsp3) is 0.722. The van der Waals surface area contributed by atoms with Gasteiger partial charge in [-0.15, -0.1) is 11.3 Å². The van der Waals surface area contributed by atoms with Crippen molar-refractivity contribution in [3.63, 3.8) is 0 Å². The normalized spacial score (nSPS) is 26.4. The summed E-state index contributed by atoms with van der Waals surface area (Å²) in [6.45, 7) is 4.64. The number of hydrogen-bond donors (Lipinski definition) is 1. The molecule has 24 heavy (non-hydrogen) atoms. The minimum absolute atomic E-state index is 0.0990. The predicted molar refractivity (Wildman–Crippen MR) is 93.3 cm³/mol. The monoisotopic (exact) mass is 350 g/mol. The molecule has 0 aromatic carbocycles. The molecule has 6 heteroatoms. The first-order valence-electron chi connectivity index (χ1n) is 9.07. The molecular formula is C18H26N2O3S. The van der Waals surface area contributed by atoms with Crippen LogP contribution in [0.4, 0.5) is 0 Å². The molecule has 1 N–H and O–H groups in total. The summed E-state index contributed by atoms with van der Waals surface area (Å²) in [6.07, 6.45) is 5.40. The van der Waals surface area contributed by atoms with Crippen LogP contribution in [-0.4, -0.2) is 56.3 Å². The van der Waals surface area contributed by atoms with Gasteiger partial charge in [0.1, 0.15) is 0 Å². The third kappa shape index (κ3) is 3.38. The molecule has 4 rings (SSSR count). The van der Waals surface area contributed by atoms with Gasteiger partial charge in [0.25, 0.3) is 0 Å². The van der Waals surface area contributed by atoms with Crippen molar-refractivity contribution >= 4 is 17.2 Å². The number of fused-ring (bicyclic) bond motifs is 2. The van der Waals surface area contributed by atoms with Crippen LogP contribution in [0, 0.1) is 0 Å². The van der Waals surface area contributed by atoms with Crippen molar-refractivity contribution in [3.05, 3.63) is 21.9 Å². The summed E-state index contributed by atoms with van der Waals surface area (Å²) in [6, 6.07) is 2.24. The molecular weight excluding hydrogens is 324 g/mol. The Morgan fingerprint density at radius 3 is 3.04 bits per heavy atom. The first-order chi connectivity index (χ1) is 11.8. The topological polar surface area (TPSA) is 50.8 Å². The van der Waals surface area contributed by atoms with Crippen LogP contribution in [0.15, 0.2) is 11.4 Å². The lowest BCUT2D eigenvalue weighted by molar-refractivity contribution is -0.126. The number of carbonyl (C=O) groups excluding carboxylic acids is 1. The number of nitrogens with one attached hydrogen (secondary N) is 1. The van der Waals surface area contributed by atoms with Gasteiger partial charge in [0, 0.05) is 37.5 Å². The van der Waals surface area contributed by atoms with Gasteiger partial charge in [-0.05, 0) is 42.7 Å². The number of rotatable bonds is 4. The van der Waals surface area contributed by atoms with Crippen molar-refractivity contribution in [2.45, 2.75) is 43.8 Å². The summed E-state index contributed by atoms with van der Waals surface area (Å²) in [7, 11) is 0. The molecule has 3 aliphatic heterocycles. The summed E-state index contributed by atoms with van der Waals surface area (Å²) in [5.41, 5.74) is 1.30. The number of ether oxygens (including phenoxy) is 2. The van der Waals surface area contributed by atoms with E-state index in [0.717, 1.165) is 58.4 Å². The second kappa shape index (κ2) is 7.12. The predicted octanol–water partition coefficient (Wildman–Crippen LogP) is 1.91. The molecule has 1 atom stereocenters. The van der Waals surface area contributed by atoms with E-state index >= 15 is 0 Å². The first kappa shape index (κ1) is 16.5. The molecule has 1 aromatic heterocycles. The molecule has 4 heterocycles. The molecule has 0 saturated carbocycles. The lowest BCUT2D eigenvalue weighted by Gasteiger charge is -2.43. The van der Waals surface area contributed by atoms with Gasteiger partial charge in [-0.25, -0.2) is 0 Å². The minimum Gasteiger partial charge on any atom is -0.376 e. The highest BCUT2D eigenvalue weighted by Gasteiger charge is 2.41. The Labute approximate surface area is 147 Å². The van der Waals surface area contributed by atoms with E-state index in [0.29, 0.717) is 13.1 Å². The smallest absolute Gasteiger partial charge is 0.234 e. The van der Waals surface area contributed by atoms with E-state index in [4.69, 9.17) is 9.47 Å². The van der Waals surface area contributed by atoms with Gasteiger partial charge in [0.15, 0.2) is 0 Å². The standard InChI is InChI=1S/C18H26N2O3S/c21-17(19-12-14-2-1-9-22-14)13-20-7-5-18(6-8-20)15-4-11-24-16(15)3-10-23-18/h4,11,14H,1-3,5-10,12-13H2,(H,19,21). The Balaban J connectivity index is 1.27. The Hall–Kier alpha value is -0.950. The Kier molecular flexibility index (Phi) is 4.90. The highest BCUT2D eigenvalue weighted by Crippen LogP contribution is 2.43. The van der Waals surface area contributed by atoms with Crippen LogP contribution < -0.4 is 5.32 Å². The average Bonchev–Trinajstić information content (AvgIpc) is 3.27. The third-order valence-electron chi connectivity index (χ3n) is 5.53. The van der Waals surface area contributed by atoms with E-state index in [9.17, 15) is 4.79 Å². The van der Waals surface area contributed by atoms with Crippen LogP contribution in [0.5, 0.6) is 0 Å². The second-order valence-electron chi connectivity index (χ2n) is 7.07. The van der Waals surface area contributed by atoms with Crippen molar-refractivity contribution in [3.8, 4) is 0 Å². The van der Waals surface area contributed by atoms with Gasteiger partial charge in [-0.2, -0.15) is 0 Å². The van der Waals surface area contributed by atoms with E-state index in [2.05, 4.69) is 21.7 Å². The summed E-state index contributed by atoms with van der Waals surface area (Å²) in [5.74, 6) is 0.113. The first-order valence-corrected chi connectivity index (χ1v) is 9.95. The highest BCUT2D eigenvalue weighted by atomic mass is 32.1. The summed E-state index contributed by atoms with van der Waals surface area (Å²) < 4.78 is 11.8. The maximum atomic E-state index is 12.2. The van der Waals surface area contributed by atoms with Crippen molar-refractivity contribution in [2.75, 3.05) is 39.4 Å². The molecule has 1 amide bonds. The van der Waals surface area contributed by atoms with Crippen molar-refractivity contribution in [2.24, 2.45) is 0 Å². The Bertz CT molecular complexity index is 575. The van der Waals surface area contributed by atoms with E-state index in [-0.39, 0.29) is 17.6 Å². The van der Waals surface area contributed by atoms with E-state index in [1.165, 1.54) is 10.4 Å². The fourth-order valence-corrected chi connectivity index (χ4v) is 5.09. The number of nitrogens with zero attached hydrogens (tertiary/aromatic N) is 1. The average molecular weight is 350 g/mol. The van der Waals surface area contributed by atoms with Crippen LogP contribution in [-0.2, 0) is 26.3 Å². The van der Waals surface area contributed by atoms with E-state index in [1.54, 1.807) is 0 Å². The van der Waals surface area contributed by atoms with E-state index < -0.39 is 0 Å².